The second-order valence-corrected chi connectivity index (χ2v) is 7.60. The average molecular weight is 368 g/mol. The molecule has 0 amide bonds. The predicted molar refractivity (Wildman–Crippen MR) is 89.1 cm³/mol. The van der Waals surface area contributed by atoms with Crippen LogP contribution in [0.3, 0.4) is 0 Å². The Hall–Kier alpha value is -1.17. The van der Waals surface area contributed by atoms with Gasteiger partial charge in [0.05, 0.1) is 4.90 Å². The molecule has 0 heterocycles. The summed E-state index contributed by atoms with van der Waals surface area (Å²) in [6.45, 7) is 2.16. The summed E-state index contributed by atoms with van der Waals surface area (Å²) in [6.07, 6.45) is 0.811. The summed E-state index contributed by atoms with van der Waals surface area (Å²) >= 11 is 3.67. The number of hydrogen-bond acceptors (Lipinski definition) is 2. The molecule has 1 unspecified atom stereocenters. The fraction of sp³-hybridized carbons (Fsp3) is 0.250. The van der Waals surface area contributed by atoms with Gasteiger partial charge in [-0.15, -0.1) is 0 Å². The summed E-state index contributed by atoms with van der Waals surface area (Å²) in [5.41, 5.74) is 2.30. The fourth-order valence-electron chi connectivity index (χ4n) is 2.06. The van der Waals surface area contributed by atoms with Crippen LogP contribution in [-0.2, 0) is 16.4 Å². The van der Waals surface area contributed by atoms with Gasteiger partial charge in [-0.1, -0.05) is 65.3 Å². The summed E-state index contributed by atoms with van der Waals surface area (Å²) < 4.78 is 26.2. The van der Waals surface area contributed by atoms with Crippen molar-refractivity contribution in [2.45, 2.75) is 23.1 Å². The minimum atomic E-state index is -3.37. The van der Waals surface area contributed by atoms with Crippen LogP contribution in [0.5, 0.6) is 0 Å². The van der Waals surface area contributed by atoms with E-state index in [1.54, 1.807) is 19.1 Å². The minimum absolute atomic E-state index is 0.218. The standard InChI is InChI=1S/C16H18BrNO2S/c1-2-18-21(19,20)15-10-8-13(9-11-15)12-16(17)14-6-4-3-5-7-14/h3-11,16,18H,2,12H2,1H3. The van der Waals surface area contributed by atoms with E-state index in [9.17, 15) is 8.42 Å². The molecule has 0 saturated heterocycles. The lowest BCUT2D eigenvalue weighted by Gasteiger charge is -2.11. The third-order valence-electron chi connectivity index (χ3n) is 3.14. The number of benzene rings is 2. The number of hydrogen-bond donors (Lipinski definition) is 1. The average Bonchev–Trinajstić information content (AvgIpc) is 2.48. The largest absolute Gasteiger partial charge is 0.240 e. The quantitative estimate of drug-likeness (QED) is 0.791. The highest BCUT2D eigenvalue weighted by Gasteiger charge is 2.13. The third-order valence-corrected chi connectivity index (χ3v) is 5.56. The molecule has 0 spiro atoms. The third kappa shape index (κ3) is 4.40. The first-order valence-electron chi connectivity index (χ1n) is 6.80. The molecule has 0 aliphatic rings. The second kappa shape index (κ2) is 7.20. The fourth-order valence-corrected chi connectivity index (χ4v) is 3.78. The maximum absolute atomic E-state index is 11.9. The molecule has 1 atom stereocenters. The van der Waals surface area contributed by atoms with Crippen molar-refractivity contribution in [3.05, 3.63) is 65.7 Å². The van der Waals surface area contributed by atoms with Crippen molar-refractivity contribution < 1.29 is 8.42 Å². The summed E-state index contributed by atoms with van der Waals surface area (Å²) in [7, 11) is -3.37. The molecule has 1 N–H and O–H groups in total. The van der Waals surface area contributed by atoms with Gasteiger partial charge in [-0.2, -0.15) is 0 Å². The van der Waals surface area contributed by atoms with E-state index in [-0.39, 0.29) is 4.83 Å². The Bertz CT molecular complexity index is 669. The van der Waals surface area contributed by atoms with E-state index in [0.29, 0.717) is 11.4 Å². The first kappa shape index (κ1) is 16.2. The van der Waals surface area contributed by atoms with Gasteiger partial charge in [0.25, 0.3) is 0 Å². The highest BCUT2D eigenvalue weighted by atomic mass is 79.9. The zero-order chi connectivity index (χ0) is 15.3. The molecule has 112 valence electrons. The normalized spacial score (nSPS) is 13.0. The molecule has 0 bridgehead atoms. The van der Waals surface area contributed by atoms with Gasteiger partial charge < -0.3 is 0 Å². The van der Waals surface area contributed by atoms with Crippen molar-refractivity contribution in [3.63, 3.8) is 0 Å². The minimum Gasteiger partial charge on any atom is -0.211 e. The Morgan fingerprint density at radius 3 is 2.24 bits per heavy atom. The lowest BCUT2D eigenvalue weighted by molar-refractivity contribution is 0.584. The highest BCUT2D eigenvalue weighted by Crippen LogP contribution is 2.27. The monoisotopic (exact) mass is 367 g/mol. The van der Waals surface area contributed by atoms with Crippen molar-refractivity contribution >= 4 is 26.0 Å². The molecule has 0 aromatic heterocycles. The number of sulfonamides is 1. The molecule has 0 aliphatic heterocycles. The van der Waals surface area contributed by atoms with Gasteiger partial charge in [-0.3, -0.25) is 0 Å². The molecule has 2 rings (SSSR count). The molecule has 2 aromatic rings. The first-order valence-corrected chi connectivity index (χ1v) is 9.20. The van der Waals surface area contributed by atoms with Crippen LogP contribution in [0.25, 0.3) is 0 Å². The number of alkyl halides is 1. The summed E-state index contributed by atoms with van der Waals surface area (Å²) in [5.74, 6) is 0. The van der Waals surface area contributed by atoms with Crippen LogP contribution in [0.2, 0.25) is 0 Å². The maximum Gasteiger partial charge on any atom is 0.240 e. The zero-order valence-electron chi connectivity index (χ0n) is 11.8. The van der Waals surface area contributed by atoms with Crippen LogP contribution >= 0.6 is 15.9 Å². The van der Waals surface area contributed by atoms with Gasteiger partial charge in [0, 0.05) is 11.4 Å². The molecule has 0 aliphatic carbocycles. The van der Waals surface area contributed by atoms with Gasteiger partial charge in [0.1, 0.15) is 0 Å². The molecular weight excluding hydrogens is 350 g/mol. The Balaban J connectivity index is 2.10. The molecule has 5 heteroatoms. The summed E-state index contributed by atoms with van der Waals surface area (Å²) in [4.78, 5) is 0.522. The SMILES string of the molecule is CCNS(=O)(=O)c1ccc(CC(Br)c2ccccc2)cc1. The van der Waals surface area contributed by atoms with E-state index < -0.39 is 10.0 Å². The molecular formula is C16H18BrNO2S. The molecule has 0 saturated carbocycles. The van der Waals surface area contributed by atoms with E-state index in [1.807, 2.05) is 30.3 Å². The number of rotatable bonds is 6. The molecule has 21 heavy (non-hydrogen) atoms. The van der Waals surface area contributed by atoms with Crippen LogP contribution < -0.4 is 4.72 Å². The van der Waals surface area contributed by atoms with Gasteiger partial charge in [0.2, 0.25) is 10.0 Å². The second-order valence-electron chi connectivity index (χ2n) is 4.73. The van der Waals surface area contributed by atoms with Crippen molar-refractivity contribution in [2.75, 3.05) is 6.54 Å². The molecule has 0 radical (unpaired) electrons. The maximum atomic E-state index is 11.9. The Labute approximate surface area is 134 Å². The van der Waals surface area contributed by atoms with E-state index in [4.69, 9.17) is 0 Å². The van der Waals surface area contributed by atoms with Crippen LogP contribution in [0.1, 0.15) is 22.9 Å². The van der Waals surface area contributed by atoms with E-state index in [2.05, 4.69) is 32.8 Å². The Morgan fingerprint density at radius 1 is 1.05 bits per heavy atom. The lowest BCUT2D eigenvalue weighted by Crippen LogP contribution is -2.23. The van der Waals surface area contributed by atoms with Crippen molar-refractivity contribution in [2.24, 2.45) is 0 Å². The van der Waals surface area contributed by atoms with Crippen molar-refractivity contribution in [1.82, 2.24) is 4.72 Å². The van der Waals surface area contributed by atoms with Gasteiger partial charge in [-0.05, 0) is 29.7 Å². The van der Waals surface area contributed by atoms with Crippen molar-refractivity contribution in [1.29, 1.82) is 0 Å². The summed E-state index contributed by atoms with van der Waals surface area (Å²) in [6, 6.07) is 17.2. The van der Waals surface area contributed by atoms with E-state index in [1.165, 1.54) is 5.56 Å². The molecule has 0 fully saturated rings. The van der Waals surface area contributed by atoms with Gasteiger partial charge >= 0.3 is 0 Å². The lowest BCUT2D eigenvalue weighted by atomic mass is 10.0. The first-order chi connectivity index (χ1) is 10.0. The van der Waals surface area contributed by atoms with Crippen LogP contribution in [0.15, 0.2) is 59.5 Å². The van der Waals surface area contributed by atoms with Crippen LogP contribution in [0.4, 0.5) is 0 Å². The summed E-state index contributed by atoms with van der Waals surface area (Å²) in [5, 5.41) is 0. The molecule has 2 aromatic carbocycles. The Kier molecular flexibility index (Phi) is 5.56. The molecule has 3 nitrogen and oxygen atoms in total. The van der Waals surface area contributed by atoms with E-state index in [0.717, 1.165) is 12.0 Å². The van der Waals surface area contributed by atoms with Crippen LogP contribution in [-0.4, -0.2) is 15.0 Å². The van der Waals surface area contributed by atoms with Gasteiger partial charge in [0.15, 0.2) is 0 Å². The highest BCUT2D eigenvalue weighted by molar-refractivity contribution is 9.09. The number of nitrogens with one attached hydrogen (secondary N) is 1. The van der Waals surface area contributed by atoms with E-state index >= 15 is 0 Å². The van der Waals surface area contributed by atoms with Crippen LogP contribution in [0, 0.1) is 0 Å². The van der Waals surface area contributed by atoms with Gasteiger partial charge in [-0.25, -0.2) is 13.1 Å². The van der Waals surface area contributed by atoms with Crippen molar-refractivity contribution in [3.8, 4) is 0 Å². The topological polar surface area (TPSA) is 46.2 Å². The number of halogens is 1. The zero-order valence-corrected chi connectivity index (χ0v) is 14.2. The predicted octanol–water partition coefficient (Wildman–Crippen LogP) is 3.66. The smallest absolute Gasteiger partial charge is 0.211 e. The Morgan fingerprint density at radius 2 is 1.67 bits per heavy atom.